The molecular weight excluding hydrogens is 152 g/mol. The van der Waals surface area contributed by atoms with Crippen molar-refractivity contribution in [1.82, 2.24) is 0 Å². The van der Waals surface area contributed by atoms with E-state index in [-0.39, 0.29) is 11.9 Å². The largest absolute Gasteiger partial charge is 0.465 e. The van der Waals surface area contributed by atoms with Crippen molar-refractivity contribution < 1.29 is 9.53 Å². The first-order valence-corrected chi connectivity index (χ1v) is 4.96. The van der Waals surface area contributed by atoms with Gasteiger partial charge in [-0.15, -0.1) is 0 Å². The fourth-order valence-corrected chi connectivity index (χ4v) is 2.01. The van der Waals surface area contributed by atoms with Crippen LogP contribution in [0.3, 0.4) is 0 Å². The maximum Gasteiger partial charge on any atom is 0.309 e. The highest BCUT2D eigenvalue weighted by atomic mass is 16.5. The van der Waals surface area contributed by atoms with Gasteiger partial charge in [0.05, 0.1) is 12.5 Å². The maximum atomic E-state index is 11.4. The first-order valence-electron chi connectivity index (χ1n) is 4.96. The fourth-order valence-electron chi connectivity index (χ4n) is 2.01. The highest BCUT2D eigenvalue weighted by Gasteiger charge is 2.28. The molecule has 70 valence electrons. The summed E-state index contributed by atoms with van der Waals surface area (Å²) in [5.41, 5.74) is 0. The quantitative estimate of drug-likeness (QED) is 0.595. The van der Waals surface area contributed by atoms with E-state index in [0.717, 1.165) is 25.7 Å². The van der Waals surface area contributed by atoms with Crippen LogP contribution in [0.2, 0.25) is 0 Å². The molecule has 1 heterocycles. The van der Waals surface area contributed by atoms with Crippen molar-refractivity contribution in [3.63, 3.8) is 0 Å². The minimum atomic E-state index is 0.0295. The lowest BCUT2D eigenvalue weighted by Crippen LogP contribution is -2.22. The summed E-state index contributed by atoms with van der Waals surface area (Å²) in [4.78, 5) is 11.4. The predicted molar refractivity (Wildman–Crippen MR) is 47.8 cm³/mol. The molecule has 0 spiro atoms. The summed E-state index contributed by atoms with van der Waals surface area (Å²) < 4.78 is 5.10. The first-order chi connectivity index (χ1) is 5.79. The van der Waals surface area contributed by atoms with Crippen molar-refractivity contribution in [3.8, 4) is 0 Å². The third kappa shape index (κ3) is 1.99. The van der Waals surface area contributed by atoms with E-state index in [1.807, 2.05) is 0 Å². The normalized spacial score (nSPS) is 31.0. The van der Waals surface area contributed by atoms with Crippen LogP contribution in [0.15, 0.2) is 0 Å². The van der Waals surface area contributed by atoms with Gasteiger partial charge in [0.15, 0.2) is 0 Å². The van der Waals surface area contributed by atoms with Crippen molar-refractivity contribution in [1.29, 1.82) is 0 Å². The Morgan fingerprint density at radius 1 is 1.42 bits per heavy atom. The average Bonchev–Trinajstić information content (AvgIpc) is 2.26. The smallest absolute Gasteiger partial charge is 0.309 e. The lowest BCUT2D eigenvalue weighted by atomic mass is 9.85. The fraction of sp³-hybridized carbons (Fsp3) is 0.900. The van der Waals surface area contributed by atoms with Crippen molar-refractivity contribution >= 4 is 5.97 Å². The average molecular weight is 170 g/mol. The molecule has 0 aromatic heterocycles. The molecule has 0 bridgehead atoms. The van der Waals surface area contributed by atoms with E-state index in [9.17, 15) is 4.79 Å². The molecule has 0 radical (unpaired) electrons. The second-order valence-corrected chi connectivity index (χ2v) is 3.49. The number of ether oxygens (including phenoxy) is 1. The molecule has 0 aromatic rings. The minimum absolute atomic E-state index is 0.0295. The molecule has 2 atom stereocenters. The van der Waals surface area contributed by atoms with E-state index in [1.54, 1.807) is 0 Å². The van der Waals surface area contributed by atoms with Gasteiger partial charge in [0.1, 0.15) is 0 Å². The molecule has 0 amide bonds. The van der Waals surface area contributed by atoms with E-state index in [2.05, 4.69) is 13.8 Å². The molecule has 1 saturated heterocycles. The molecule has 2 unspecified atom stereocenters. The Hall–Kier alpha value is -0.530. The van der Waals surface area contributed by atoms with Gasteiger partial charge >= 0.3 is 5.97 Å². The topological polar surface area (TPSA) is 26.3 Å². The van der Waals surface area contributed by atoms with Crippen LogP contribution in [0.25, 0.3) is 0 Å². The monoisotopic (exact) mass is 170 g/mol. The Balaban J connectivity index is 2.62. The number of hydrogen-bond donors (Lipinski definition) is 0. The van der Waals surface area contributed by atoms with Gasteiger partial charge in [0.2, 0.25) is 0 Å². The lowest BCUT2D eigenvalue weighted by molar-refractivity contribution is -0.148. The van der Waals surface area contributed by atoms with E-state index < -0.39 is 0 Å². The number of rotatable bonds is 2. The Morgan fingerprint density at radius 2 is 2.17 bits per heavy atom. The van der Waals surface area contributed by atoms with Crippen LogP contribution in [-0.4, -0.2) is 12.6 Å². The second kappa shape index (κ2) is 4.48. The van der Waals surface area contributed by atoms with Gasteiger partial charge in [0, 0.05) is 0 Å². The number of carbonyl (C=O) groups excluding carboxylic acids is 1. The van der Waals surface area contributed by atoms with Gasteiger partial charge in [-0.2, -0.15) is 0 Å². The van der Waals surface area contributed by atoms with Gasteiger partial charge in [-0.3, -0.25) is 4.79 Å². The van der Waals surface area contributed by atoms with Crippen LogP contribution in [0, 0.1) is 11.8 Å². The van der Waals surface area contributed by atoms with Crippen LogP contribution in [-0.2, 0) is 9.53 Å². The zero-order valence-electron chi connectivity index (χ0n) is 8.01. The van der Waals surface area contributed by atoms with Crippen LogP contribution in [0.4, 0.5) is 0 Å². The molecule has 1 rings (SSSR count). The summed E-state index contributed by atoms with van der Waals surface area (Å²) in [5.74, 6) is 0.754. The molecule has 0 N–H and O–H groups in total. The van der Waals surface area contributed by atoms with E-state index >= 15 is 0 Å². The van der Waals surface area contributed by atoms with Crippen LogP contribution in [0.1, 0.15) is 39.5 Å². The van der Waals surface area contributed by atoms with Crippen LogP contribution < -0.4 is 0 Å². The van der Waals surface area contributed by atoms with E-state index in [4.69, 9.17) is 4.74 Å². The summed E-state index contributed by atoms with van der Waals surface area (Å²) in [7, 11) is 0. The molecule has 0 aromatic carbocycles. The molecule has 1 aliphatic heterocycles. The Labute approximate surface area is 74.3 Å². The lowest BCUT2D eigenvalue weighted by Gasteiger charge is -2.19. The molecular formula is C10H18O2. The number of esters is 1. The predicted octanol–water partition coefficient (Wildman–Crippen LogP) is 2.38. The highest BCUT2D eigenvalue weighted by molar-refractivity contribution is 5.72. The van der Waals surface area contributed by atoms with Gasteiger partial charge in [-0.05, 0) is 25.2 Å². The zero-order chi connectivity index (χ0) is 8.97. The van der Waals surface area contributed by atoms with Crippen LogP contribution >= 0.6 is 0 Å². The third-order valence-electron chi connectivity index (χ3n) is 2.80. The van der Waals surface area contributed by atoms with E-state index in [0.29, 0.717) is 12.5 Å². The molecule has 0 saturated carbocycles. The molecule has 2 heteroatoms. The summed E-state index contributed by atoms with van der Waals surface area (Å²) in [6, 6.07) is 0. The minimum Gasteiger partial charge on any atom is -0.465 e. The maximum absolute atomic E-state index is 11.4. The zero-order valence-corrected chi connectivity index (χ0v) is 8.01. The summed E-state index contributed by atoms with van der Waals surface area (Å²) in [5, 5.41) is 0. The van der Waals surface area contributed by atoms with Crippen molar-refractivity contribution in [2.45, 2.75) is 39.5 Å². The van der Waals surface area contributed by atoms with Crippen molar-refractivity contribution in [2.75, 3.05) is 6.61 Å². The van der Waals surface area contributed by atoms with Gasteiger partial charge in [-0.25, -0.2) is 0 Å². The van der Waals surface area contributed by atoms with Gasteiger partial charge < -0.3 is 4.74 Å². The van der Waals surface area contributed by atoms with Gasteiger partial charge in [0.25, 0.3) is 0 Å². The number of hydrogen-bond acceptors (Lipinski definition) is 2. The van der Waals surface area contributed by atoms with Crippen LogP contribution in [0.5, 0.6) is 0 Å². The number of cyclic esters (lactones) is 1. The Kier molecular flexibility index (Phi) is 3.57. The summed E-state index contributed by atoms with van der Waals surface area (Å²) in [6.45, 7) is 4.86. The van der Waals surface area contributed by atoms with Crippen molar-refractivity contribution in [2.24, 2.45) is 11.8 Å². The standard InChI is InChI=1S/C10H18O2/c1-3-8-6-5-7-12-10(11)9(8)4-2/h8-9H,3-7H2,1-2H3. The second-order valence-electron chi connectivity index (χ2n) is 3.49. The van der Waals surface area contributed by atoms with Crippen molar-refractivity contribution in [3.05, 3.63) is 0 Å². The Morgan fingerprint density at radius 3 is 2.75 bits per heavy atom. The van der Waals surface area contributed by atoms with Gasteiger partial charge in [-0.1, -0.05) is 20.3 Å². The SMILES string of the molecule is CCC1CCCOC(=O)C1CC. The molecule has 2 nitrogen and oxygen atoms in total. The molecule has 12 heavy (non-hydrogen) atoms. The summed E-state index contributed by atoms with van der Waals surface area (Å²) in [6.07, 6.45) is 4.23. The third-order valence-corrected chi connectivity index (χ3v) is 2.80. The molecule has 0 aliphatic carbocycles. The molecule has 1 aliphatic rings. The highest BCUT2D eigenvalue weighted by Crippen LogP contribution is 2.27. The number of carbonyl (C=O) groups is 1. The van der Waals surface area contributed by atoms with E-state index in [1.165, 1.54) is 0 Å². The Bertz CT molecular complexity index is 154. The molecule has 1 fully saturated rings. The summed E-state index contributed by atoms with van der Waals surface area (Å²) >= 11 is 0. The first kappa shape index (κ1) is 9.56.